The second-order valence-electron chi connectivity index (χ2n) is 4.32. The van der Waals surface area contributed by atoms with Crippen LogP contribution in [0.3, 0.4) is 0 Å². The SMILES string of the molecule is CC(C)c1nc(Br)cc(Nc2cccc(Cl)c2Br)n1. The summed E-state index contributed by atoms with van der Waals surface area (Å²) in [6, 6.07) is 7.47. The third-order valence-electron chi connectivity index (χ3n) is 2.44. The van der Waals surface area contributed by atoms with E-state index in [-0.39, 0.29) is 5.92 Å². The molecular weight excluding hydrogens is 393 g/mol. The highest BCUT2D eigenvalue weighted by Gasteiger charge is 2.09. The number of halogens is 3. The maximum absolute atomic E-state index is 6.06. The first-order chi connectivity index (χ1) is 8.97. The van der Waals surface area contributed by atoms with Gasteiger partial charge in [0.1, 0.15) is 16.2 Å². The zero-order valence-corrected chi connectivity index (χ0v) is 14.3. The summed E-state index contributed by atoms with van der Waals surface area (Å²) in [4.78, 5) is 8.83. The van der Waals surface area contributed by atoms with Crippen LogP contribution in [0.4, 0.5) is 11.5 Å². The molecule has 0 atom stereocenters. The summed E-state index contributed by atoms with van der Waals surface area (Å²) < 4.78 is 1.57. The molecule has 0 saturated heterocycles. The summed E-state index contributed by atoms with van der Waals surface area (Å²) in [5.41, 5.74) is 0.868. The van der Waals surface area contributed by atoms with Gasteiger partial charge in [0, 0.05) is 12.0 Å². The Labute approximate surface area is 134 Å². The first kappa shape index (κ1) is 14.8. The number of benzene rings is 1. The first-order valence-corrected chi connectivity index (χ1v) is 7.69. The lowest BCUT2D eigenvalue weighted by atomic mass is 10.2. The van der Waals surface area contributed by atoms with Gasteiger partial charge in [-0.1, -0.05) is 31.5 Å². The van der Waals surface area contributed by atoms with E-state index in [1.165, 1.54) is 0 Å². The van der Waals surface area contributed by atoms with Crippen molar-refractivity contribution in [2.45, 2.75) is 19.8 Å². The number of nitrogens with zero attached hydrogens (tertiary/aromatic N) is 2. The zero-order valence-electron chi connectivity index (χ0n) is 10.4. The molecule has 6 heteroatoms. The van der Waals surface area contributed by atoms with Crippen LogP contribution < -0.4 is 5.32 Å². The molecule has 2 rings (SSSR count). The molecule has 1 aromatic heterocycles. The Balaban J connectivity index is 2.35. The summed E-state index contributed by atoms with van der Waals surface area (Å²) in [6.07, 6.45) is 0. The van der Waals surface area contributed by atoms with Crippen LogP contribution in [0.1, 0.15) is 25.6 Å². The molecule has 0 saturated carbocycles. The molecule has 0 aliphatic rings. The third kappa shape index (κ3) is 3.68. The predicted octanol–water partition coefficient (Wildman–Crippen LogP) is 5.52. The number of aromatic nitrogens is 2. The normalized spacial score (nSPS) is 10.8. The Morgan fingerprint density at radius 1 is 1.21 bits per heavy atom. The molecule has 1 heterocycles. The highest BCUT2D eigenvalue weighted by molar-refractivity contribution is 9.10. The maximum atomic E-state index is 6.06. The molecule has 1 N–H and O–H groups in total. The minimum Gasteiger partial charge on any atom is -0.339 e. The Bertz CT molecular complexity index is 602. The second kappa shape index (κ2) is 6.20. The van der Waals surface area contributed by atoms with Gasteiger partial charge in [0.2, 0.25) is 0 Å². The van der Waals surface area contributed by atoms with Crippen LogP contribution in [0, 0.1) is 0 Å². The molecule has 3 nitrogen and oxygen atoms in total. The summed E-state index contributed by atoms with van der Waals surface area (Å²) >= 11 is 12.9. The zero-order chi connectivity index (χ0) is 14.0. The lowest BCUT2D eigenvalue weighted by Gasteiger charge is -2.11. The van der Waals surface area contributed by atoms with Crippen LogP contribution in [0.2, 0.25) is 5.02 Å². The van der Waals surface area contributed by atoms with Gasteiger partial charge in [-0.15, -0.1) is 0 Å². The van der Waals surface area contributed by atoms with Gasteiger partial charge in [-0.05, 0) is 44.0 Å². The van der Waals surface area contributed by atoms with E-state index in [2.05, 4.69) is 61.0 Å². The highest BCUT2D eigenvalue weighted by atomic mass is 79.9. The molecule has 0 amide bonds. The van der Waals surface area contributed by atoms with Crippen LogP contribution in [0.25, 0.3) is 0 Å². The molecule has 0 spiro atoms. The number of hydrogen-bond donors (Lipinski definition) is 1. The fourth-order valence-corrected chi connectivity index (χ4v) is 2.43. The van der Waals surface area contributed by atoms with E-state index in [9.17, 15) is 0 Å². The van der Waals surface area contributed by atoms with Crippen molar-refractivity contribution in [3.05, 3.63) is 44.2 Å². The fourth-order valence-electron chi connectivity index (χ4n) is 1.50. The van der Waals surface area contributed by atoms with Gasteiger partial charge in [0.15, 0.2) is 0 Å². The van der Waals surface area contributed by atoms with E-state index in [4.69, 9.17) is 11.6 Å². The van der Waals surface area contributed by atoms with Crippen molar-refractivity contribution in [2.75, 3.05) is 5.32 Å². The lowest BCUT2D eigenvalue weighted by Crippen LogP contribution is -2.02. The van der Waals surface area contributed by atoms with E-state index in [1.54, 1.807) is 0 Å². The van der Waals surface area contributed by atoms with Gasteiger partial charge in [0.05, 0.1) is 15.2 Å². The molecular formula is C13H12Br2ClN3. The smallest absolute Gasteiger partial charge is 0.135 e. The minimum atomic E-state index is 0.265. The van der Waals surface area contributed by atoms with Gasteiger partial charge in [-0.25, -0.2) is 9.97 Å². The molecule has 100 valence electrons. The van der Waals surface area contributed by atoms with E-state index < -0.39 is 0 Å². The summed E-state index contributed by atoms with van der Waals surface area (Å²) in [7, 11) is 0. The van der Waals surface area contributed by atoms with Crippen LogP contribution in [0.15, 0.2) is 33.3 Å². The summed E-state index contributed by atoms with van der Waals surface area (Å²) in [5, 5.41) is 3.89. The summed E-state index contributed by atoms with van der Waals surface area (Å²) in [5.74, 6) is 1.78. The molecule has 0 fully saturated rings. The topological polar surface area (TPSA) is 37.8 Å². The molecule has 0 aliphatic carbocycles. The Hall–Kier alpha value is -0.650. The lowest BCUT2D eigenvalue weighted by molar-refractivity contribution is 0.771. The van der Waals surface area contributed by atoms with Crippen molar-refractivity contribution in [1.82, 2.24) is 9.97 Å². The quantitative estimate of drug-likeness (QED) is 0.683. The molecule has 0 radical (unpaired) electrons. The Morgan fingerprint density at radius 3 is 2.63 bits per heavy atom. The first-order valence-electron chi connectivity index (χ1n) is 5.73. The van der Waals surface area contributed by atoms with Crippen LogP contribution in [-0.4, -0.2) is 9.97 Å². The maximum Gasteiger partial charge on any atom is 0.135 e. The van der Waals surface area contributed by atoms with Gasteiger partial charge in [0.25, 0.3) is 0 Å². The average Bonchev–Trinajstić information content (AvgIpc) is 2.34. The molecule has 2 aromatic rings. The van der Waals surface area contributed by atoms with Gasteiger partial charge in [-0.3, -0.25) is 0 Å². The van der Waals surface area contributed by atoms with Crippen molar-refractivity contribution in [3.8, 4) is 0 Å². The van der Waals surface area contributed by atoms with Crippen molar-refractivity contribution in [3.63, 3.8) is 0 Å². The van der Waals surface area contributed by atoms with Crippen molar-refractivity contribution in [2.24, 2.45) is 0 Å². The van der Waals surface area contributed by atoms with E-state index >= 15 is 0 Å². The van der Waals surface area contributed by atoms with Crippen molar-refractivity contribution < 1.29 is 0 Å². The standard InChI is InChI=1S/C13H12Br2ClN3/c1-7(2)13-18-10(14)6-11(19-13)17-9-5-3-4-8(16)12(9)15/h3-7H,1-2H3,(H,17,18,19). The van der Waals surface area contributed by atoms with Crippen LogP contribution in [0.5, 0.6) is 0 Å². The van der Waals surface area contributed by atoms with E-state index in [0.29, 0.717) is 5.02 Å². The minimum absolute atomic E-state index is 0.265. The summed E-state index contributed by atoms with van der Waals surface area (Å²) in [6.45, 7) is 4.11. The molecule has 19 heavy (non-hydrogen) atoms. The van der Waals surface area contributed by atoms with Gasteiger partial charge in [-0.2, -0.15) is 0 Å². The van der Waals surface area contributed by atoms with Crippen molar-refractivity contribution >= 4 is 55.0 Å². The Kier molecular flexibility index (Phi) is 4.81. The van der Waals surface area contributed by atoms with Crippen LogP contribution >= 0.6 is 43.5 Å². The molecule has 0 bridgehead atoms. The largest absolute Gasteiger partial charge is 0.339 e. The van der Waals surface area contributed by atoms with E-state index in [0.717, 1.165) is 26.4 Å². The fraction of sp³-hybridized carbons (Fsp3) is 0.231. The van der Waals surface area contributed by atoms with E-state index in [1.807, 2.05) is 24.3 Å². The number of anilines is 2. The number of rotatable bonds is 3. The van der Waals surface area contributed by atoms with Gasteiger partial charge < -0.3 is 5.32 Å². The third-order valence-corrected chi connectivity index (χ3v) is 4.25. The average molecular weight is 406 g/mol. The molecule has 0 unspecified atom stereocenters. The number of hydrogen-bond acceptors (Lipinski definition) is 3. The predicted molar refractivity (Wildman–Crippen MR) is 86.3 cm³/mol. The second-order valence-corrected chi connectivity index (χ2v) is 6.33. The van der Waals surface area contributed by atoms with Gasteiger partial charge >= 0.3 is 0 Å². The highest BCUT2D eigenvalue weighted by Crippen LogP contribution is 2.32. The van der Waals surface area contributed by atoms with Crippen molar-refractivity contribution in [1.29, 1.82) is 0 Å². The van der Waals surface area contributed by atoms with Crippen LogP contribution in [-0.2, 0) is 0 Å². The molecule has 0 aliphatic heterocycles. The Morgan fingerprint density at radius 2 is 1.95 bits per heavy atom. The number of nitrogens with one attached hydrogen (secondary N) is 1. The molecule has 1 aromatic carbocycles. The monoisotopic (exact) mass is 403 g/mol.